The van der Waals surface area contributed by atoms with Crippen LogP contribution in [0.5, 0.6) is 0 Å². The van der Waals surface area contributed by atoms with Crippen LogP contribution >= 0.6 is 34.5 Å². The smallest absolute Gasteiger partial charge is 0.235 e. The van der Waals surface area contributed by atoms with Gasteiger partial charge in [-0.2, -0.15) is 9.61 Å². The molecule has 9 heteroatoms. The Morgan fingerprint density at radius 3 is 2.84 bits per heavy atom. The average Bonchev–Trinajstić information content (AvgIpc) is 3.24. The van der Waals surface area contributed by atoms with Crippen LogP contribution in [0.25, 0.3) is 15.5 Å². The molecule has 25 heavy (non-hydrogen) atoms. The zero-order chi connectivity index (χ0) is 17.6. The highest BCUT2D eigenvalue weighted by Gasteiger charge is 2.30. The molecule has 0 spiro atoms. The van der Waals surface area contributed by atoms with Gasteiger partial charge < -0.3 is 0 Å². The molecule has 1 aliphatic rings. The van der Waals surface area contributed by atoms with Crippen molar-refractivity contribution < 1.29 is 0 Å². The molecule has 1 aliphatic heterocycles. The van der Waals surface area contributed by atoms with Crippen molar-refractivity contribution in [3.8, 4) is 10.6 Å². The number of aromatic nitrogens is 4. The first-order valence-electron chi connectivity index (χ1n) is 8.20. The minimum atomic E-state index is 0.0995. The highest BCUT2D eigenvalue weighted by molar-refractivity contribution is 7.19. The number of fused-ring (bicyclic) bond motifs is 1. The standard InChI is InChI=1S/C16H18Cl2N6S/c1-8(2)5-10-7-13(20-19-10)14-21-22-16-24(14)23-15(25-16)9-3-4-11(17)12(18)6-9/h3-4,6,8,10,13,19-20H,5,7H2,1-2H3. The Kier molecular flexibility index (Phi) is 4.68. The first-order valence-corrected chi connectivity index (χ1v) is 9.77. The summed E-state index contributed by atoms with van der Waals surface area (Å²) < 4.78 is 1.82. The number of rotatable bonds is 4. The van der Waals surface area contributed by atoms with E-state index in [0.717, 1.165) is 34.2 Å². The summed E-state index contributed by atoms with van der Waals surface area (Å²) >= 11 is 13.6. The maximum absolute atomic E-state index is 6.12. The lowest BCUT2D eigenvalue weighted by atomic mass is 10.00. The molecule has 0 bridgehead atoms. The molecule has 3 heterocycles. The predicted molar refractivity (Wildman–Crippen MR) is 101 cm³/mol. The van der Waals surface area contributed by atoms with Gasteiger partial charge in [0.05, 0.1) is 16.1 Å². The Labute approximate surface area is 159 Å². The molecule has 2 unspecified atom stereocenters. The van der Waals surface area contributed by atoms with Gasteiger partial charge in [-0.1, -0.05) is 54.5 Å². The van der Waals surface area contributed by atoms with E-state index >= 15 is 0 Å². The van der Waals surface area contributed by atoms with Gasteiger partial charge in [-0.25, -0.2) is 5.43 Å². The lowest BCUT2D eigenvalue weighted by Gasteiger charge is -2.11. The molecule has 0 aliphatic carbocycles. The van der Waals surface area contributed by atoms with Gasteiger partial charge in [-0.3, -0.25) is 5.43 Å². The minimum absolute atomic E-state index is 0.0995. The predicted octanol–water partition coefficient (Wildman–Crippen LogP) is 4.11. The third-order valence-electron chi connectivity index (χ3n) is 4.23. The number of hydrogen-bond acceptors (Lipinski definition) is 6. The SMILES string of the molecule is CC(C)CC1CC(c2nnc3sc(-c4ccc(Cl)c(Cl)c4)nn23)NN1. The van der Waals surface area contributed by atoms with Crippen LogP contribution in [0.2, 0.25) is 10.0 Å². The molecule has 1 saturated heterocycles. The summed E-state index contributed by atoms with van der Waals surface area (Å²) in [5.41, 5.74) is 7.60. The van der Waals surface area contributed by atoms with E-state index in [4.69, 9.17) is 23.2 Å². The highest BCUT2D eigenvalue weighted by Crippen LogP contribution is 2.32. The number of benzene rings is 1. The fourth-order valence-corrected chi connectivity index (χ4v) is 4.25. The summed E-state index contributed by atoms with van der Waals surface area (Å²) in [5, 5.41) is 15.2. The normalized spacial score (nSPS) is 20.8. The molecule has 4 rings (SSSR count). The number of nitrogens with one attached hydrogen (secondary N) is 2. The lowest BCUT2D eigenvalue weighted by Crippen LogP contribution is -2.32. The fraction of sp³-hybridized carbons (Fsp3) is 0.438. The maximum Gasteiger partial charge on any atom is 0.235 e. The first kappa shape index (κ1) is 17.2. The Balaban J connectivity index is 1.62. The van der Waals surface area contributed by atoms with Crippen LogP contribution in [-0.2, 0) is 0 Å². The second-order valence-electron chi connectivity index (χ2n) is 6.69. The van der Waals surface area contributed by atoms with E-state index in [1.165, 1.54) is 11.3 Å². The molecule has 0 amide bonds. The van der Waals surface area contributed by atoms with Crippen molar-refractivity contribution in [3.05, 3.63) is 34.1 Å². The molecule has 2 atom stereocenters. The van der Waals surface area contributed by atoms with Crippen molar-refractivity contribution in [1.82, 2.24) is 30.7 Å². The lowest BCUT2D eigenvalue weighted by molar-refractivity contribution is 0.446. The number of nitrogens with zero attached hydrogens (tertiary/aromatic N) is 4. The van der Waals surface area contributed by atoms with Crippen molar-refractivity contribution in [3.63, 3.8) is 0 Å². The Morgan fingerprint density at radius 2 is 2.08 bits per heavy atom. The van der Waals surface area contributed by atoms with Crippen molar-refractivity contribution in [2.45, 2.75) is 38.8 Å². The van der Waals surface area contributed by atoms with Gasteiger partial charge in [-0.15, -0.1) is 10.2 Å². The van der Waals surface area contributed by atoms with Crippen LogP contribution in [0.3, 0.4) is 0 Å². The quantitative estimate of drug-likeness (QED) is 0.694. The van der Waals surface area contributed by atoms with E-state index in [9.17, 15) is 0 Å². The van der Waals surface area contributed by atoms with E-state index in [2.05, 4.69) is 40.0 Å². The maximum atomic E-state index is 6.12. The van der Waals surface area contributed by atoms with Gasteiger partial charge in [0.2, 0.25) is 4.96 Å². The molecule has 0 radical (unpaired) electrons. The molecular formula is C16H18Cl2N6S. The number of halogens is 2. The monoisotopic (exact) mass is 396 g/mol. The third kappa shape index (κ3) is 3.39. The molecule has 2 aromatic heterocycles. The van der Waals surface area contributed by atoms with Crippen LogP contribution in [0.15, 0.2) is 18.2 Å². The van der Waals surface area contributed by atoms with E-state index in [1.807, 2.05) is 16.6 Å². The second-order valence-corrected chi connectivity index (χ2v) is 8.46. The summed E-state index contributed by atoms with van der Waals surface area (Å²) in [6.45, 7) is 4.46. The first-order chi connectivity index (χ1) is 12.0. The fourth-order valence-electron chi connectivity index (χ4n) is 3.11. The van der Waals surface area contributed by atoms with Crippen LogP contribution in [0, 0.1) is 5.92 Å². The highest BCUT2D eigenvalue weighted by atomic mass is 35.5. The van der Waals surface area contributed by atoms with Crippen LogP contribution in [0.4, 0.5) is 0 Å². The van der Waals surface area contributed by atoms with Gasteiger partial charge in [0, 0.05) is 11.6 Å². The van der Waals surface area contributed by atoms with Gasteiger partial charge in [-0.05, 0) is 30.9 Å². The molecule has 1 aromatic carbocycles. The Hall–Kier alpha value is -1.25. The largest absolute Gasteiger partial charge is 0.254 e. The topological polar surface area (TPSA) is 67.1 Å². The molecule has 1 fully saturated rings. The van der Waals surface area contributed by atoms with Crippen LogP contribution < -0.4 is 10.9 Å². The third-order valence-corrected chi connectivity index (χ3v) is 5.92. The van der Waals surface area contributed by atoms with Crippen molar-refractivity contribution >= 4 is 39.5 Å². The summed E-state index contributed by atoms with van der Waals surface area (Å²) in [6, 6.07) is 6.05. The average molecular weight is 397 g/mol. The van der Waals surface area contributed by atoms with Crippen LogP contribution in [-0.4, -0.2) is 25.9 Å². The molecule has 0 saturated carbocycles. The zero-order valence-electron chi connectivity index (χ0n) is 13.8. The summed E-state index contributed by atoms with van der Waals surface area (Å²) in [4.78, 5) is 0.769. The van der Waals surface area contributed by atoms with Crippen molar-refractivity contribution in [2.24, 2.45) is 5.92 Å². The molecule has 3 aromatic rings. The van der Waals surface area contributed by atoms with E-state index < -0.39 is 0 Å². The minimum Gasteiger partial charge on any atom is -0.254 e. The van der Waals surface area contributed by atoms with Gasteiger partial charge in [0.1, 0.15) is 5.01 Å². The van der Waals surface area contributed by atoms with E-state index in [0.29, 0.717) is 22.0 Å². The van der Waals surface area contributed by atoms with E-state index in [1.54, 1.807) is 6.07 Å². The van der Waals surface area contributed by atoms with Crippen molar-refractivity contribution in [2.75, 3.05) is 0 Å². The molecule has 132 valence electrons. The van der Waals surface area contributed by atoms with Gasteiger partial charge >= 0.3 is 0 Å². The zero-order valence-corrected chi connectivity index (χ0v) is 16.2. The van der Waals surface area contributed by atoms with Crippen LogP contribution in [0.1, 0.15) is 38.6 Å². The van der Waals surface area contributed by atoms with Gasteiger partial charge in [0.15, 0.2) is 5.82 Å². The van der Waals surface area contributed by atoms with Crippen molar-refractivity contribution in [1.29, 1.82) is 0 Å². The molecule has 2 N–H and O–H groups in total. The Morgan fingerprint density at radius 1 is 1.24 bits per heavy atom. The molecule has 6 nitrogen and oxygen atoms in total. The number of hydrogen-bond donors (Lipinski definition) is 2. The van der Waals surface area contributed by atoms with Gasteiger partial charge in [0.25, 0.3) is 0 Å². The summed E-state index contributed by atoms with van der Waals surface area (Å²) in [5.74, 6) is 1.48. The second kappa shape index (κ2) is 6.81. The molecular weight excluding hydrogens is 379 g/mol. The summed E-state index contributed by atoms with van der Waals surface area (Å²) in [6.07, 6.45) is 2.09. The Bertz CT molecular complexity index is 905. The van der Waals surface area contributed by atoms with E-state index in [-0.39, 0.29) is 6.04 Å². The summed E-state index contributed by atoms with van der Waals surface area (Å²) in [7, 11) is 0. The number of hydrazine groups is 1.